The van der Waals surface area contributed by atoms with Crippen molar-refractivity contribution in [1.29, 1.82) is 0 Å². The molecule has 1 aromatic rings. The highest BCUT2D eigenvalue weighted by Gasteiger charge is 2.32. The summed E-state index contributed by atoms with van der Waals surface area (Å²) in [4.78, 5) is 14.5. The largest absolute Gasteiger partial charge is 0.399 e. The molecule has 3 heteroatoms. The van der Waals surface area contributed by atoms with Gasteiger partial charge in [0.25, 0.3) is 5.91 Å². The van der Waals surface area contributed by atoms with Gasteiger partial charge in [0.05, 0.1) is 0 Å². The van der Waals surface area contributed by atoms with E-state index in [4.69, 9.17) is 5.73 Å². The van der Waals surface area contributed by atoms with Crippen LogP contribution in [-0.4, -0.2) is 16.8 Å². The number of nitrogens with two attached hydrogens (primary N) is 1. The van der Waals surface area contributed by atoms with Gasteiger partial charge in [-0.3, -0.25) is 4.79 Å². The van der Waals surface area contributed by atoms with Crippen molar-refractivity contribution in [3.05, 3.63) is 29.3 Å². The average Bonchev–Trinajstić information content (AvgIpc) is 2.59. The first-order valence-corrected chi connectivity index (χ1v) is 6.95. The van der Waals surface area contributed by atoms with Crippen LogP contribution in [0.5, 0.6) is 0 Å². The molecule has 0 saturated heterocycles. The molecule has 1 saturated carbocycles. The Hall–Kier alpha value is -1.51. The minimum atomic E-state index is 0.184. The van der Waals surface area contributed by atoms with Crippen LogP contribution in [0.3, 0.4) is 0 Å². The first-order chi connectivity index (χ1) is 8.75. The molecule has 2 aliphatic rings. The maximum atomic E-state index is 12.4. The summed E-state index contributed by atoms with van der Waals surface area (Å²) in [6.45, 7) is 0.777. The smallest absolute Gasteiger partial charge is 0.254 e. The highest BCUT2D eigenvalue weighted by molar-refractivity contribution is 5.99. The van der Waals surface area contributed by atoms with Gasteiger partial charge in [-0.05, 0) is 30.5 Å². The van der Waals surface area contributed by atoms with Crippen LogP contribution in [0, 0.1) is 0 Å². The molecule has 18 heavy (non-hydrogen) atoms. The van der Waals surface area contributed by atoms with Crippen LogP contribution in [0.2, 0.25) is 0 Å². The number of benzene rings is 1. The van der Waals surface area contributed by atoms with Crippen molar-refractivity contribution in [3.8, 4) is 0 Å². The predicted octanol–water partition coefficient (Wildman–Crippen LogP) is 2.95. The Labute approximate surface area is 108 Å². The number of nitrogen functional groups attached to an aromatic ring is 1. The normalized spacial score (nSPS) is 20.9. The monoisotopic (exact) mass is 244 g/mol. The van der Waals surface area contributed by atoms with Gasteiger partial charge in [0.1, 0.15) is 0 Å². The maximum Gasteiger partial charge on any atom is 0.254 e. The Balaban J connectivity index is 1.82. The zero-order valence-electron chi connectivity index (χ0n) is 10.7. The number of hydrogen-bond donors (Lipinski definition) is 1. The van der Waals surface area contributed by atoms with E-state index in [-0.39, 0.29) is 5.91 Å². The molecule has 1 aliphatic heterocycles. The molecule has 3 nitrogen and oxygen atoms in total. The van der Waals surface area contributed by atoms with E-state index in [1.54, 1.807) is 0 Å². The predicted molar refractivity (Wildman–Crippen MR) is 72.2 cm³/mol. The Bertz CT molecular complexity index is 462. The molecule has 1 fully saturated rings. The van der Waals surface area contributed by atoms with Crippen LogP contribution >= 0.6 is 0 Å². The van der Waals surface area contributed by atoms with Crippen molar-refractivity contribution >= 4 is 11.6 Å². The van der Waals surface area contributed by atoms with E-state index in [9.17, 15) is 4.79 Å². The molecular formula is C15H20N2O. The fourth-order valence-corrected chi connectivity index (χ4v) is 3.21. The van der Waals surface area contributed by atoms with Crippen LogP contribution in [0.1, 0.15) is 54.4 Å². The van der Waals surface area contributed by atoms with Gasteiger partial charge in [0.2, 0.25) is 0 Å². The second-order valence-corrected chi connectivity index (χ2v) is 5.50. The van der Waals surface area contributed by atoms with Gasteiger partial charge in [-0.15, -0.1) is 0 Å². The quantitative estimate of drug-likeness (QED) is 0.610. The number of carbonyl (C=O) groups is 1. The van der Waals surface area contributed by atoms with Gasteiger partial charge in [-0.25, -0.2) is 0 Å². The lowest BCUT2D eigenvalue weighted by atomic mass is 10.1. The molecule has 96 valence electrons. The zero-order valence-corrected chi connectivity index (χ0v) is 10.7. The van der Waals surface area contributed by atoms with Gasteiger partial charge in [0, 0.05) is 23.8 Å². The molecule has 0 atom stereocenters. The highest BCUT2D eigenvalue weighted by Crippen LogP contribution is 2.31. The highest BCUT2D eigenvalue weighted by atomic mass is 16.2. The van der Waals surface area contributed by atoms with Gasteiger partial charge >= 0.3 is 0 Å². The summed E-state index contributed by atoms with van der Waals surface area (Å²) in [5.74, 6) is 0.184. The van der Waals surface area contributed by atoms with Gasteiger partial charge in [0.15, 0.2) is 0 Å². The van der Waals surface area contributed by atoms with Crippen LogP contribution in [0.25, 0.3) is 0 Å². The summed E-state index contributed by atoms with van der Waals surface area (Å²) in [6.07, 6.45) is 7.47. The van der Waals surface area contributed by atoms with E-state index in [1.165, 1.54) is 25.7 Å². The van der Waals surface area contributed by atoms with E-state index in [2.05, 4.69) is 4.90 Å². The number of rotatable bonds is 1. The molecule has 0 aromatic heterocycles. The van der Waals surface area contributed by atoms with Crippen LogP contribution in [-0.2, 0) is 6.54 Å². The third-order valence-corrected chi connectivity index (χ3v) is 4.23. The summed E-state index contributed by atoms with van der Waals surface area (Å²) < 4.78 is 0. The molecule has 0 unspecified atom stereocenters. The number of amides is 1. The lowest BCUT2D eigenvalue weighted by Gasteiger charge is -2.26. The molecule has 1 aromatic carbocycles. The summed E-state index contributed by atoms with van der Waals surface area (Å²) in [5.41, 5.74) is 8.41. The molecule has 1 heterocycles. The van der Waals surface area contributed by atoms with E-state index in [0.29, 0.717) is 11.7 Å². The number of fused-ring (bicyclic) bond motifs is 1. The van der Waals surface area contributed by atoms with Crippen LogP contribution in [0.15, 0.2) is 18.2 Å². The standard InChI is InChI=1S/C15H20N2O/c16-12-8-7-11-10-17(15(18)14(11)9-12)13-5-3-1-2-4-6-13/h7-9,13H,1-6,10,16H2. The van der Waals surface area contributed by atoms with Gasteiger partial charge in [-0.2, -0.15) is 0 Å². The Kier molecular flexibility index (Phi) is 2.98. The van der Waals surface area contributed by atoms with Crippen molar-refractivity contribution in [1.82, 2.24) is 4.90 Å². The second-order valence-electron chi connectivity index (χ2n) is 5.50. The SMILES string of the molecule is Nc1ccc2c(c1)C(=O)N(C1CCCCCC1)C2. The second kappa shape index (κ2) is 4.63. The van der Waals surface area contributed by atoms with Crippen molar-refractivity contribution in [2.24, 2.45) is 0 Å². The Morgan fingerprint density at radius 2 is 1.83 bits per heavy atom. The first kappa shape index (κ1) is 11.6. The molecule has 0 bridgehead atoms. The fourth-order valence-electron chi connectivity index (χ4n) is 3.21. The third-order valence-electron chi connectivity index (χ3n) is 4.23. The van der Waals surface area contributed by atoms with Gasteiger partial charge in [-0.1, -0.05) is 31.7 Å². The molecule has 2 N–H and O–H groups in total. The van der Waals surface area contributed by atoms with E-state index >= 15 is 0 Å². The number of anilines is 1. The fraction of sp³-hybridized carbons (Fsp3) is 0.533. The Morgan fingerprint density at radius 1 is 1.11 bits per heavy atom. The molecule has 3 rings (SSSR count). The lowest BCUT2D eigenvalue weighted by Crippen LogP contribution is -2.35. The van der Waals surface area contributed by atoms with Crippen molar-refractivity contribution < 1.29 is 4.79 Å². The maximum absolute atomic E-state index is 12.4. The number of hydrogen-bond acceptors (Lipinski definition) is 2. The third kappa shape index (κ3) is 1.98. The summed E-state index contributed by atoms with van der Waals surface area (Å²) in [6, 6.07) is 6.16. The lowest BCUT2D eigenvalue weighted by molar-refractivity contribution is 0.0686. The van der Waals surface area contributed by atoms with Gasteiger partial charge < -0.3 is 10.6 Å². The zero-order chi connectivity index (χ0) is 12.5. The molecule has 0 spiro atoms. The van der Waals surface area contributed by atoms with Crippen molar-refractivity contribution in [3.63, 3.8) is 0 Å². The van der Waals surface area contributed by atoms with E-state index in [0.717, 1.165) is 30.5 Å². The van der Waals surface area contributed by atoms with E-state index in [1.807, 2.05) is 18.2 Å². The number of carbonyl (C=O) groups excluding carboxylic acids is 1. The molecule has 1 amide bonds. The first-order valence-electron chi connectivity index (χ1n) is 6.95. The molecular weight excluding hydrogens is 224 g/mol. The van der Waals surface area contributed by atoms with Crippen LogP contribution < -0.4 is 5.73 Å². The minimum absolute atomic E-state index is 0.184. The summed E-state index contributed by atoms with van der Waals surface area (Å²) in [5, 5.41) is 0. The summed E-state index contributed by atoms with van der Waals surface area (Å²) in [7, 11) is 0. The minimum Gasteiger partial charge on any atom is -0.399 e. The van der Waals surface area contributed by atoms with E-state index < -0.39 is 0 Å². The molecule has 0 radical (unpaired) electrons. The van der Waals surface area contributed by atoms with Crippen molar-refractivity contribution in [2.45, 2.75) is 51.1 Å². The molecule has 1 aliphatic carbocycles. The van der Waals surface area contributed by atoms with Crippen molar-refractivity contribution in [2.75, 3.05) is 5.73 Å². The Morgan fingerprint density at radius 3 is 2.56 bits per heavy atom. The number of nitrogens with zero attached hydrogens (tertiary/aromatic N) is 1. The topological polar surface area (TPSA) is 46.3 Å². The van der Waals surface area contributed by atoms with Crippen LogP contribution in [0.4, 0.5) is 5.69 Å². The average molecular weight is 244 g/mol. The summed E-state index contributed by atoms with van der Waals surface area (Å²) >= 11 is 0.